The lowest BCUT2D eigenvalue weighted by Crippen LogP contribution is -2.53. The van der Waals surface area contributed by atoms with E-state index in [9.17, 15) is 4.79 Å². The summed E-state index contributed by atoms with van der Waals surface area (Å²) in [4.78, 5) is 26.3. The maximum atomic E-state index is 11.9. The Hall–Kier alpha value is -0.970. The largest absolute Gasteiger partial charge is 0.381 e. The monoisotopic (exact) mass is 280 g/mol. The van der Waals surface area contributed by atoms with E-state index >= 15 is 0 Å². The minimum absolute atomic E-state index is 0.323. The molecule has 0 heterocycles. The van der Waals surface area contributed by atoms with Crippen LogP contribution in [0.5, 0.6) is 0 Å². The summed E-state index contributed by atoms with van der Waals surface area (Å²) in [6.45, 7) is 3.59. The van der Waals surface area contributed by atoms with Crippen LogP contribution in [0.15, 0.2) is 0 Å². The van der Waals surface area contributed by atoms with Gasteiger partial charge in [-0.05, 0) is 12.8 Å². The van der Waals surface area contributed by atoms with Crippen molar-refractivity contribution in [1.29, 1.82) is 0 Å². The third-order valence-electron chi connectivity index (χ3n) is 2.08. The summed E-state index contributed by atoms with van der Waals surface area (Å²) in [5, 5.41) is 2.49. The summed E-state index contributed by atoms with van der Waals surface area (Å²) in [7, 11) is 3.94. The molecule has 0 unspecified atom stereocenters. The topological polar surface area (TPSA) is 89.7 Å². The number of nitrogens with zero attached hydrogens (tertiary/aromatic N) is 3. The Bertz CT molecular complexity index is 240. The Morgan fingerprint density at radius 2 is 1.74 bits per heavy atom. The van der Waals surface area contributed by atoms with E-state index in [1.165, 1.54) is 21.3 Å². The van der Waals surface area contributed by atoms with Crippen LogP contribution in [0.1, 0.15) is 19.8 Å². The van der Waals surface area contributed by atoms with Gasteiger partial charge in [0.25, 0.3) is 0 Å². The predicted molar refractivity (Wildman–Crippen MR) is 66.7 cm³/mol. The van der Waals surface area contributed by atoms with Gasteiger partial charge in [0.2, 0.25) is 0 Å². The Kier molecular flexibility index (Phi) is 10.4. The molecular formula is C10H24N4O5. The summed E-state index contributed by atoms with van der Waals surface area (Å²) in [5.74, 6) is 5.62. The third-order valence-corrected chi connectivity index (χ3v) is 2.08. The molecule has 0 rings (SSSR count). The normalized spacial score (nSPS) is 10.8. The minimum atomic E-state index is -0.623. The molecule has 19 heavy (non-hydrogen) atoms. The first-order valence-electron chi connectivity index (χ1n) is 5.98. The standard InChI is InChI=1S/C10H24N4O5/c1-5-8-19-9-6-7-12(11)10(15)13(16-2)14(17-3)18-4/h5-9,11H2,1-4H3. The number of amides is 2. The van der Waals surface area contributed by atoms with Crippen LogP contribution < -0.4 is 5.84 Å². The fraction of sp³-hybridized carbons (Fsp3) is 0.900. The lowest BCUT2D eigenvalue weighted by atomic mass is 10.4. The van der Waals surface area contributed by atoms with Gasteiger partial charge in [-0.2, -0.15) is 0 Å². The molecule has 9 nitrogen and oxygen atoms in total. The van der Waals surface area contributed by atoms with Crippen LogP contribution in [0.3, 0.4) is 0 Å². The fourth-order valence-electron chi connectivity index (χ4n) is 1.23. The van der Waals surface area contributed by atoms with Crippen molar-refractivity contribution >= 4 is 6.03 Å². The highest BCUT2D eigenvalue weighted by Crippen LogP contribution is 2.03. The zero-order valence-electron chi connectivity index (χ0n) is 12.0. The van der Waals surface area contributed by atoms with Crippen molar-refractivity contribution in [2.24, 2.45) is 5.84 Å². The average Bonchev–Trinajstić information content (AvgIpc) is 2.43. The highest BCUT2D eigenvalue weighted by atomic mass is 17.0. The smallest absolute Gasteiger partial charge is 0.377 e. The molecule has 0 spiro atoms. The van der Waals surface area contributed by atoms with Crippen LogP contribution in [0.4, 0.5) is 4.79 Å². The second-order valence-corrected chi connectivity index (χ2v) is 3.50. The number of hydrazine groups is 2. The first-order valence-corrected chi connectivity index (χ1v) is 5.98. The SMILES string of the molecule is CCCOCCCN(N)C(=O)N(OC)N(OC)OC. The van der Waals surface area contributed by atoms with E-state index in [2.05, 4.69) is 0 Å². The summed E-state index contributed by atoms with van der Waals surface area (Å²) in [6.07, 6.45) is 1.58. The molecule has 0 aliphatic carbocycles. The molecule has 0 radical (unpaired) electrons. The summed E-state index contributed by atoms with van der Waals surface area (Å²) in [6, 6.07) is -0.623. The van der Waals surface area contributed by atoms with Crippen LogP contribution >= 0.6 is 0 Å². The Balaban J connectivity index is 4.13. The van der Waals surface area contributed by atoms with Crippen LogP contribution in [-0.4, -0.2) is 62.6 Å². The molecule has 0 aromatic rings. The van der Waals surface area contributed by atoms with E-state index in [0.29, 0.717) is 26.2 Å². The summed E-state index contributed by atoms with van der Waals surface area (Å²) in [5.41, 5.74) is 0. The zero-order chi connectivity index (χ0) is 14.7. The molecule has 0 aromatic heterocycles. The Morgan fingerprint density at radius 3 is 2.21 bits per heavy atom. The molecule has 0 aromatic carbocycles. The molecule has 0 fully saturated rings. The lowest BCUT2D eigenvalue weighted by molar-refractivity contribution is -0.493. The highest BCUT2D eigenvalue weighted by molar-refractivity contribution is 5.71. The van der Waals surface area contributed by atoms with Crippen molar-refractivity contribution in [3.05, 3.63) is 0 Å². The van der Waals surface area contributed by atoms with Gasteiger partial charge >= 0.3 is 6.03 Å². The van der Waals surface area contributed by atoms with E-state index in [4.69, 9.17) is 25.1 Å². The van der Waals surface area contributed by atoms with E-state index in [1.54, 1.807) is 0 Å². The number of ether oxygens (including phenoxy) is 1. The molecule has 0 saturated carbocycles. The highest BCUT2D eigenvalue weighted by Gasteiger charge is 2.26. The van der Waals surface area contributed by atoms with Gasteiger partial charge in [-0.25, -0.2) is 10.6 Å². The number of rotatable bonds is 10. The van der Waals surface area contributed by atoms with Crippen molar-refractivity contribution in [3.8, 4) is 0 Å². The predicted octanol–water partition coefficient (Wildman–Crippen LogP) is 0.302. The number of hydroxylamine groups is 1. The van der Waals surface area contributed by atoms with Crippen LogP contribution in [0.2, 0.25) is 0 Å². The molecule has 2 N–H and O–H groups in total. The van der Waals surface area contributed by atoms with Crippen molar-refractivity contribution in [2.45, 2.75) is 19.8 Å². The van der Waals surface area contributed by atoms with Gasteiger partial charge < -0.3 is 4.74 Å². The second-order valence-electron chi connectivity index (χ2n) is 3.50. The Morgan fingerprint density at radius 1 is 1.11 bits per heavy atom. The third kappa shape index (κ3) is 6.66. The van der Waals surface area contributed by atoms with Gasteiger partial charge in [-0.15, -0.1) is 0 Å². The van der Waals surface area contributed by atoms with Crippen molar-refractivity contribution in [3.63, 3.8) is 0 Å². The number of carbonyl (C=O) groups excluding carboxylic acids is 1. The molecule has 9 heteroatoms. The van der Waals surface area contributed by atoms with E-state index in [0.717, 1.165) is 21.9 Å². The van der Waals surface area contributed by atoms with Gasteiger partial charge in [0.05, 0.1) is 26.7 Å². The number of carbonyl (C=O) groups is 1. The van der Waals surface area contributed by atoms with Gasteiger partial charge in [-0.3, -0.25) is 19.5 Å². The van der Waals surface area contributed by atoms with E-state index in [1.807, 2.05) is 6.92 Å². The molecule has 0 aliphatic rings. The summed E-state index contributed by atoms with van der Waals surface area (Å²) < 4.78 is 5.29. The van der Waals surface area contributed by atoms with Crippen molar-refractivity contribution in [1.82, 2.24) is 15.5 Å². The number of hydrogen-bond acceptors (Lipinski definition) is 7. The second kappa shape index (κ2) is 10.9. The van der Waals surface area contributed by atoms with Crippen LogP contribution in [0, 0.1) is 0 Å². The first-order chi connectivity index (χ1) is 9.12. The number of nitrogens with two attached hydrogens (primary N) is 1. The van der Waals surface area contributed by atoms with E-state index in [-0.39, 0.29) is 0 Å². The molecule has 0 saturated heterocycles. The first kappa shape index (κ1) is 18.0. The van der Waals surface area contributed by atoms with Crippen LogP contribution in [0.25, 0.3) is 0 Å². The van der Waals surface area contributed by atoms with Crippen LogP contribution in [-0.2, 0) is 19.2 Å². The van der Waals surface area contributed by atoms with Crippen molar-refractivity contribution in [2.75, 3.05) is 41.1 Å². The quantitative estimate of drug-likeness (QED) is 0.266. The number of hydrogen-bond donors (Lipinski definition) is 1. The fourth-order valence-corrected chi connectivity index (χ4v) is 1.23. The van der Waals surface area contributed by atoms with E-state index < -0.39 is 6.03 Å². The van der Waals surface area contributed by atoms with Gasteiger partial charge in [0.1, 0.15) is 0 Å². The lowest BCUT2D eigenvalue weighted by Gasteiger charge is -2.29. The molecule has 0 aliphatic heterocycles. The zero-order valence-corrected chi connectivity index (χ0v) is 12.0. The maximum absolute atomic E-state index is 11.9. The number of urea groups is 1. The van der Waals surface area contributed by atoms with Gasteiger partial charge in [-0.1, -0.05) is 12.1 Å². The molecule has 2 amide bonds. The minimum Gasteiger partial charge on any atom is -0.381 e. The van der Waals surface area contributed by atoms with Crippen molar-refractivity contribution < 1.29 is 24.0 Å². The van der Waals surface area contributed by atoms with Gasteiger partial charge in [0, 0.05) is 19.8 Å². The molecular weight excluding hydrogens is 256 g/mol. The average molecular weight is 280 g/mol. The molecule has 0 bridgehead atoms. The summed E-state index contributed by atoms with van der Waals surface area (Å²) >= 11 is 0. The Labute approximate surface area is 113 Å². The molecule has 114 valence electrons. The van der Waals surface area contributed by atoms with Gasteiger partial charge in [0.15, 0.2) is 0 Å². The molecule has 0 atom stereocenters. The maximum Gasteiger partial charge on any atom is 0.377 e.